The van der Waals surface area contributed by atoms with E-state index in [0.717, 1.165) is 22.4 Å². The second-order valence-electron chi connectivity index (χ2n) is 5.46. The van der Waals surface area contributed by atoms with E-state index in [9.17, 15) is 4.79 Å². The van der Waals surface area contributed by atoms with E-state index < -0.39 is 0 Å². The van der Waals surface area contributed by atoms with Crippen LogP contribution in [0, 0.1) is 0 Å². The molecule has 4 nitrogen and oxygen atoms in total. The molecule has 0 N–H and O–H groups in total. The van der Waals surface area contributed by atoms with Gasteiger partial charge in [-0.05, 0) is 32.0 Å². The van der Waals surface area contributed by atoms with Crippen molar-refractivity contribution in [1.29, 1.82) is 0 Å². The Bertz CT molecular complexity index is 820. The van der Waals surface area contributed by atoms with Crippen molar-refractivity contribution < 1.29 is 9.53 Å². The highest BCUT2D eigenvalue weighted by molar-refractivity contribution is 5.94. The first-order valence-electron chi connectivity index (χ1n) is 7.27. The molecule has 3 rings (SSSR count). The third kappa shape index (κ3) is 2.37. The third-order valence-electron chi connectivity index (χ3n) is 3.66. The van der Waals surface area contributed by atoms with Crippen LogP contribution >= 0.6 is 0 Å². The molecule has 1 aromatic heterocycles. The molecule has 0 aliphatic carbocycles. The van der Waals surface area contributed by atoms with Crippen LogP contribution < -0.4 is 0 Å². The Kier molecular flexibility index (Phi) is 3.67. The van der Waals surface area contributed by atoms with Crippen molar-refractivity contribution in [1.82, 2.24) is 9.55 Å². The summed E-state index contributed by atoms with van der Waals surface area (Å²) in [6.45, 7) is 4.25. The molecule has 0 aliphatic heterocycles. The van der Waals surface area contributed by atoms with E-state index in [1.165, 1.54) is 7.11 Å². The van der Waals surface area contributed by atoms with Crippen LogP contribution in [0.25, 0.3) is 22.4 Å². The lowest BCUT2D eigenvalue weighted by molar-refractivity contribution is 0.0601. The van der Waals surface area contributed by atoms with Crippen LogP contribution in [-0.4, -0.2) is 22.6 Å². The number of imidazole rings is 1. The summed E-state index contributed by atoms with van der Waals surface area (Å²) in [5.41, 5.74) is 3.40. The van der Waals surface area contributed by atoms with E-state index in [1.807, 2.05) is 36.4 Å². The van der Waals surface area contributed by atoms with Crippen LogP contribution in [-0.2, 0) is 4.74 Å². The molecule has 0 spiro atoms. The maximum absolute atomic E-state index is 11.7. The number of carbonyl (C=O) groups excluding carboxylic acids is 1. The summed E-state index contributed by atoms with van der Waals surface area (Å²) in [6.07, 6.45) is 0. The van der Waals surface area contributed by atoms with Crippen molar-refractivity contribution in [2.45, 2.75) is 19.9 Å². The molecule has 0 bridgehead atoms. The van der Waals surface area contributed by atoms with Gasteiger partial charge >= 0.3 is 5.97 Å². The third-order valence-corrected chi connectivity index (χ3v) is 3.66. The quantitative estimate of drug-likeness (QED) is 0.684. The molecular weight excluding hydrogens is 276 g/mol. The molecule has 4 heteroatoms. The number of ether oxygens (including phenoxy) is 1. The second kappa shape index (κ2) is 5.64. The number of hydrogen-bond acceptors (Lipinski definition) is 3. The highest BCUT2D eigenvalue weighted by Gasteiger charge is 2.16. The van der Waals surface area contributed by atoms with Gasteiger partial charge in [-0.25, -0.2) is 9.78 Å². The fourth-order valence-corrected chi connectivity index (χ4v) is 2.66. The fourth-order valence-electron chi connectivity index (χ4n) is 2.66. The van der Waals surface area contributed by atoms with Gasteiger partial charge in [-0.2, -0.15) is 0 Å². The predicted molar refractivity (Wildman–Crippen MR) is 86.9 cm³/mol. The Balaban J connectivity index is 2.24. The fraction of sp³-hybridized carbons (Fsp3) is 0.222. The lowest BCUT2D eigenvalue weighted by Gasteiger charge is -2.13. The topological polar surface area (TPSA) is 44.1 Å². The van der Waals surface area contributed by atoms with Crippen LogP contribution in [0.3, 0.4) is 0 Å². The normalized spacial score (nSPS) is 11.1. The zero-order valence-electron chi connectivity index (χ0n) is 12.9. The second-order valence-corrected chi connectivity index (χ2v) is 5.46. The Morgan fingerprint density at radius 3 is 2.50 bits per heavy atom. The molecular formula is C18H18N2O2. The monoisotopic (exact) mass is 294 g/mol. The SMILES string of the molecule is COC(=O)c1ccc2c(c1)nc(-c1ccccc1)n2C(C)C. The van der Waals surface area contributed by atoms with E-state index in [-0.39, 0.29) is 12.0 Å². The number of carbonyl (C=O) groups is 1. The molecule has 0 atom stereocenters. The van der Waals surface area contributed by atoms with Crippen molar-refractivity contribution in [3.63, 3.8) is 0 Å². The molecule has 0 fully saturated rings. The van der Waals surface area contributed by atoms with Gasteiger partial charge in [-0.3, -0.25) is 0 Å². The average Bonchev–Trinajstić information content (AvgIpc) is 2.93. The first-order chi connectivity index (χ1) is 10.6. The minimum atomic E-state index is -0.345. The molecule has 1 heterocycles. The van der Waals surface area contributed by atoms with Crippen LogP contribution in [0.1, 0.15) is 30.2 Å². The molecule has 22 heavy (non-hydrogen) atoms. The number of nitrogens with zero attached hydrogens (tertiary/aromatic N) is 2. The maximum Gasteiger partial charge on any atom is 0.337 e. The Hall–Kier alpha value is -2.62. The number of benzene rings is 2. The molecule has 0 aliphatic rings. The molecule has 2 aromatic carbocycles. The molecule has 0 unspecified atom stereocenters. The van der Waals surface area contributed by atoms with E-state index >= 15 is 0 Å². The minimum Gasteiger partial charge on any atom is -0.465 e. The summed E-state index contributed by atoms with van der Waals surface area (Å²) in [5, 5.41) is 0. The van der Waals surface area contributed by atoms with Gasteiger partial charge in [0.25, 0.3) is 0 Å². The van der Waals surface area contributed by atoms with Crippen molar-refractivity contribution in [2.75, 3.05) is 7.11 Å². The van der Waals surface area contributed by atoms with Crippen molar-refractivity contribution in [3.8, 4) is 11.4 Å². The lowest BCUT2D eigenvalue weighted by atomic mass is 10.2. The van der Waals surface area contributed by atoms with Gasteiger partial charge in [-0.15, -0.1) is 0 Å². The smallest absolute Gasteiger partial charge is 0.337 e. The lowest BCUT2D eigenvalue weighted by Crippen LogP contribution is -2.03. The average molecular weight is 294 g/mol. The highest BCUT2D eigenvalue weighted by atomic mass is 16.5. The van der Waals surface area contributed by atoms with E-state index in [0.29, 0.717) is 5.56 Å². The molecule has 0 saturated heterocycles. The Morgan fingerprint density at radius 2 is 1.86 bits per heavy atom. The number of methoxy groups -OCH3 is 1. The van der Waals surface area contributed by atoms with E-state index in [4.69, 9.17) is 9.72 Å². The Morgan fingerprint density at radius 1 is 1.14 bits per heavy atom. The van der Waals surface area contributed by atoms with Crippen LogP contribution in [0.4, 0.5) is 0 Å². The van der Waals surface area contributed by atoms with Crippen LogP contribution in [0.2, 0.25) is 0 Å². The Labute approximate surface area is 129 Å². The van der Waals surface area contributed by atoms with Gasteiger partial charge in [0.15, 0.2) is 0 Å². The van der Waals surface area contributed by atoms with E-state index in [1.54, 1.807) is 12.1 Å². The van der Waals surface area contributed by atoms with Gasteiger partial charge in [0.1, 0.15) is 5.82 Å². The van der Waals surface area contributed by atoms with Gasteiger partial charge in [0.05, 0.1) is 23.7 Å². The largest absolute Gasteiger partial charge is 0.465 e. The van der Waals surface area contributed by atoms with Gasteiger partial charge in [0.2, 0.25) is 0 Å². The molecule has 112 valence electrons. The van der Waals surface area contributed by atoms with Crippen molar-refractivity contribution in [3.05, 3.63) is 54.1 Å². The van der Waals surface area contributed by atoms with Gasteiger partial charge in [0, 0.05) is 11.6 Å². The minimum absolute atomic E-state index is 0.268. The summed E-state index contributed by atoms with van der Waals surface area (Å²) in [4.78, 5) is 16.4. The summed E-state index contributed by atoms with van der Waals surface area (Å²) in [7, 11) is 1.38. The predicted octanol–water partition coefficient (Wildman–Crippen LogP) is 4.07. The summed E-state index contributed by atoms with van der Waals surface area (Å²) < 4.78 is 6.97. The van der Waals surface area contributed by atoms with Crippen molar-refractivity contribution >= 4 is 17.0 Å². The van der Waals surface area contributed by atoms with Crippen LogP contribution in [0.15, 0.2) is 48.5 Å². The first-order valence-corrected chi connectivity index (χ1v) is 7.27. The zero-order chi connectivity index (χ0) is 15.7. The number of fused-ring (bicyclic) bond motifs is 1. The number of esters is 1. The number of hydrogen-bond donors (Lipinski definition) is 0. The molecule has 3 aromatic rings. The highest BCUT2D eigenvalue weighted by Crippen LogP contribution is 2.28. The molecule has 0 saturated carbocycles. The number of aromatic nitrogens is 2. The maximum atomic E-state index is 11.7. The standard InChI is InChI=1S/C18H18N2O2/c1-12(2)20-16-10-9-14(18(21)22-3)11-15(16)19-17(20)13-7-5-4-6-8-13/h4-12H,1-3H3. The van der Waals surface area contributed by atoms with Crippen LogP contribution in [0.5, 0.6) is 0 Å². The first kappa shape index (κ1) is 14.3. The molecule has 0 radical (unpaired) electrons. The summed E-state index contributed by atoms with van der Waals surface area (Å²) in [5.74, 6) is 0.565. The van der Waals surface area contributed by atoms with E-state index in [2.05, 4.69) is 18.4 Å². The summed E-state index contributed by atoms with van der Waals surface area (Å²) in [6, 6.07) is 15.8. The van der Waals surface area contributed by atoms with Gasteiger partial charge < -0.3 is 9.30 Å². The van der Waals surface area contributed by atoms with Crippen molar-refractivity contribution in [2.24, 2.45) is 0 Å². The summed E-state index contributed by atoms with van der Waals surface area (Å²) >= 11 is 0. The zero-order valence-corrected chi connectivity index (χ0v) is 12.9. The van der Waals surface area contributed by atoms with Gasteiger partial charge in [-0.1, -0.05) is 30.3 Å². The number of rotatable bonds is 3. The molecule has 0 amide bonds.